The third-order valence-electron chi connectivity index (χ3n) is 4.45. The molecule has 0 aromatic carbocycles. The zero-order valence-corrected chi connectivity index (χ0v) is 13.8. The maximum Gasteiger partial charge on any atom is 0.256 e. The van der Waals surface area contributed by atoms with Crippen molar-refractivity contribution in [3.05, 3.63) is 52.2 Å². The molecule has 3 heterocycles. The SMILES string of the molecule is Cc1nccc(CN2CCC(Cn3cncc(C)c3=O)CC2)n1. The summed E-state index contributed by atoms with van der Waals surface area (Å²) in [6, 6.07) is 1.98. The summed E-state index contributed by atoms with van der Waals surface area (Å²) in [7, 11) is 0. The lowest BCUT2D eigenvalue weighted by Gasteiger charge is -2.31. The topological polar surface area (TPSA) is 63.9 Å². The summed E-state index contributed by atoms with van der Waals surface area (Å²) in [4.78, 5) is 27.2. The zero-order valence-electron chi connectivity index (χ0n) is 13.8. The molecule has 6 nitrogen and oxygen atoms in total. The Morgan fingerprint density at radius 3 is 2.78 bits per heavy atom. The molecule has 1 fully saturated rings. The number of piperidine rings is 1. The highest BCUT2D eigenvalue weighted by Gasteiger charge is 2.20. The molecule has 1 saturated heterocycles. The average molecular weight is 313 g/mol. The largest absolute Gasteiger partial charge is 0.299 e. The minimum atomic E-state index is 0.0823. The summed E-state index contributed by atoms with van der Waals surface area (Å²) in [5, 5.41) is 0. The Labute approximate surface area is 136 Å². The van der Waals surface area contributed by atoms with Crippen LogP contribution in [0.4, 0.5) is 0 Å². The van der Waals surface area contributed by atoms with Crippen LogP contribution in [-0.2, 0) is 13.1 Å². The van der Waals surface area contributed by atoms with Crippen molar-refractivity contribution in [1.29, 1.82) is 0 Å². The molecule has 0 spiro atoms. The van der Waals surface area contributed by atoms with Crippen molar-refractivity contribution in [3.63, 3.8) is 0 Å². The van der Waals surface area contributed by atoms with Crippen LogP contribution in [-0.4, -0.2) is 37.5 Å². The van der Waals surface area contributed by atoms with E-state index < -0.39 is 0 Å². The van der Waals surface area contributed by atoms with Gasteiger partial charge in [-0.2, -0.15) is 0 Å². The molecule has 0 unspecified atom stereocenters. The second-order valence-corrected chi connectivity index (χ2v) is 6.35. The molecular formula is C17H23N5O. The van der Waals surface area contributed by atoms with Crippen molar-refractivity contribution in [3.8, 4) is 0 Å². The van der Waals surface area contributed by atoms with Crippen molar-refractivity contribution in [2.45, 2.75) is 39.8 Å². The Morgan fingerprint density at radius 1 is 1.26 bits per heavy atom. The monoisotopic (exact) mass is 313 g/mol. The normalized spacial score (nSPS) is 16.6. The summed E-state index contributed by atoms with van der Waals surface area (Å²) in [6.45, 7) is 7.47. The number of hydrogen-bond donors (Lipinski definition) is 0. The smallest absolute Gasteiger partial charge is 0.256 e. The van der Waals surface area contributed by atoms with Gasteiger partial charge >= 0.3 is 0 Å². The number of aryl methyl sites for hydroxylation is 2. The van der Waals surface area contributed by atoms with E-state index in [0.717, 1.165) is 50.5 Å². The first-order valence-electron chi connectivity index (χ1n) is 8.14. The van der Waals surface area contributed by atoms with Crippen LogP contribution in [0.1, 0.15) is 29.9 Å². The van der Waals surface area contributed by atoms with Gasteiger partial charge in [-0.15, -0.1) is 0 Å². The molecule has 122 valence electrons. The molecule has 3 rings (SSSR count). The summed E-state index contributed by atoms with van der Waals surface area (Å²) in [5.74, 6) is 1.36. The minimum Gasteiger partial charge on any atom is -0.299 e. The predicted octanol–water partition coefficient (Wildman–Crippen LogP) is 1.56. The van der Waals surface area contributed by atoms with Gasteiger partial charge in [0.1, 0.15) is 5.82 Å². The zero-order chi connectivity index (χ0) is 16.2. The van der Waals surface area contributed by atoms with Crippen molar-refractivity contribution in [1.82, 2.24) is 24.4 Å². The van der Waals surface area contributed by atoms with Crippen LogP contribution in [0.25, 0.3) is 0 Å². The van der Waals surface area contributed by atoms with Gasteiger partial charge in [0.05, 0.1) is 12.0 Å². The van der Waals surface area contributed by atoms with E-state index in [1.807, 2.05) is 26.1 Å². The number of nitrogens with zero attached hydrogens (tertiary/aromatic N) is 5. The van der Waals surface area contributed by atoms with E-state index in [1.165, 1.54) is 0 Å². The fraction of sp³-hybridized carbons (Fsp3) is 0.529. The highest BCUT2D eigenvalue weighted by Crippen LogP contribution is 2.19. The van der Waals surface area contributed by atoms with E-state index in [2.05, 4.69) is 19.9 Å². The van der Waals surface area contributed by atoms with Gasteiger partial charge in [0.2, 0.25) is 0 Å². The van der Waals surface area contributed by atoms with Crippen molar-refractivity contribution in [2.24, 2.45) is 5.92 Å². The Balaban J connectivity index is 1.54. The van der Waals surface area contributed by atoms with Gasteiger partial charge in [-0.05, 0) is 51.8 Å². The Hall–Kier alpha value is -2.08. The van der Waals surface area contributed by atoms with E-state index >= 15 is 0 Å². The van der Waals surface area contributed by atoms with Crippen molar-refractivity contribution in [2.75, 3.05) is 13.1 Å². The van der Waals surface area contributed by atoms with Gasteiger partial charge in [-0.25, -0.2) is 15.0 Å². The van der Waals surface area contributed by atoms with E-state index in [4.69, 9.17) is 0 Å². The van der Waals surface area contributed by atoms with Gasteiger partial charge in [0, 0.05) is 31.0 Å². The molecule has 1 aliphatic heterocycles. The van der Waals surface area contributed by atoms with E-state index in [-0.39, 0.29) is 5.56 Å². The average Bonchev–Trinajstić information content (AvgIpc) is 2.54. The molecule has 0 bridgehead atoms. The maximum atomic E-state index is 12.1. The highest BCUT2D eigenvalue weighted by atomic mass is 16.1. The number of hydrogen-bond acceptors (Lipinski definition) is 5. The van der Waals surface area contributed by atoms with Crippen LogP contribution < -0.4 is 5.56 Å². The first-order chi connectivity index (χ1) is 11.1. The van der Waals surface area contributed by atoms with Crippen LogP contribution in [0, 0.1) is 19.8 Å². The Bertz CT molecular complexity index is 719. The summed E-state index contributed by atoms with van der Waals surface area (Å²) in [6.07, 6.45) is 7.31. The molecule has 2 aromatic heterocycles. The van der Waals surface area contributed by atoms with Gasteiger partial charge in [0.25, 0.3) is 5.56 Å². The predicted molar refractivity (Wildman–Crippen MR) is 88.0 cm³/mol. The minimum absolute atomic E-state index is 0.0823. The van der Waals surface area contributed by atoms with Gasteiger partial charge < -0.3 is 0 Å². The molecule has 23 heavy (non-hydrogen) atoms. The molecule has 0 radical (unpaired) electrons. The lowest BCUT2D eigenvalue weighted by molar-refractivity contribution is 0.164. The first kappa shape index (κ1) is 15.8. The lowest BCUT2D eigenvalue weighted by atomic mass is 9.96. The van der Waals surface area contributed by atoms with Crippen LogP contribution in [0.3, 0.4) is 0 Å². The first-order valence-corrected chi connectivity index (χ1v) is 8.14. The van der Waals surface area contributed by atoms with Crippen LogP contribution in [0.15, 0.2) is 29.6 Å². The molecule has 0 saturated carbocycles. The van der Waals surface area contributed by atoms with E-state index in [0.29, 0.717) is 11.5 Å². The Morgan fingerprint density at radius 2 is 2.04 bits per heavy atom. The second kappa shape index (κ2) is 7.00. The van der Waals surface area contributed by atoms with E-state index in [1.54, 1.807) is 17.1 Å². The molecule has 1 aliphatic rings. The quantitative estimate of drug-likeness (QED) is 0.857. The van der Waals surface area contributed by atoms with Gasteiger partial charge in [-0.3, -0.25) is 14.3 Å². The van der Waals surface area contributed by atoms with Crippen molar-refractivity contribution >= 4 is 0 Å². The summed E-state index contributed by atoms with van der Waals surface area (Å²) in [5.41, 5.74) is 1.87. The molecular weight excluding hydrogens is 290 g/mol. The van der Waals surface area contributed by atoms with Crippen molar-refractivity contribution < 1.29 is 0 Å². The Kier molecular flexibility index (Phi) is 4.81. The van der Waals surface area contributed by atoms with Gasteiger partial charge in [-0.1, -0.05) is 0 Å². The van der Waals surface area contributed by atoms with Gasteiger partial charge in [0.15, 0.2) is 0 Å². The number of aromatic nitrogens is 4. The van der Waals surface area contributed by atoms with Crippen LogP contribution >= 0.6 is 0 Å². The second-order valence-electron chi connectivity index (χ2n) is 6.35. The summed E-state index contributed by atoms with van der Waals surface area (Å²) >= 11 is 0. The summed E-state index contributed by atoms with van der Waals surface area (Å²) < 4.78 is 1.75. The fourth-order valence-corrected chi connectivity index (χ4v) is 3.12. The lowest BCUT2D eigenvalue weighted by Crippen LogP contribution is -2.36. The maximum absolute atomic E-state index is 12.1. The number of likely N-dealkylation sites (tertiary alicyclic amines) is 1. The molecule has 0 atom stereocenters. The fourth-order valence-electron chi connectivity index (χ4n) is 3.12. The third-order valence-corrected chi connectivity index (χ3v) is 4.45. The molecule has 0 amide bonds. The molecule has 0 aliphatic carbocycles. The highest BCUT2D eigenvalue weighted by molar-refractivity contribution is 5.02. The van der Waals surface area contributed by atoms with E-state index in [9.17, 15) is 4.79 Å². The van der Waals surface area contributed by atoms with Crippen LogP contribution in [0.2, 0.25) is 0 Å². The standard InChI is InChI=1S/C17H23N5O/c1-13-9-18-12-22(17(13)23)10-15-4-7-21(8-5-15)11-16-3-6-19-14(2)20-16/h3,6,9,12,15H,4-5,7-8,10-11H2,1-2H3. The molecule has 2 aromatic rings. The number of rotatable bonds is 4. The molecule has 0 N–H and O–H groups in total. The van der Waals surface area contributed by atoms with Crippen LogP contribution in [0.5, 0.6) is 0 Å². The molecule has 6 heteroatoms. The third kappa shape index (κ3) is 4.01.